The number of amides is 1. The maximum Gasteiger partial charge on any atom is 0.416 e. The number of nitrogens with zero attached hydrogens (tertiary/aromatic N) is 1. The van der Waals surface area contributed by atoms with Gasteiger partial charge in [0.05, 0.1) is 5.56 Å². The molecular weight excluding hydrogens is 333 g/mol. The third-order valence-corrected chi connectivity index (χ3v) is 3.47. The molecule has 0 bridgehead atoms. The number of carbonyl (C=O) groups is 1. The van der Waals surface area contributed by atoms with E-state index >= 15 is 0 Å². The second kappa shape index (κ2) is 6.59. The Kier molecular flexibility index (Phi) is 4.96. The first-order chi connectivity index (χ1) is 10.4. The lowest BCUT2D eigenvalue weighted by Gasteiger charge is -2.13. The number of benzene rings is 1. The molecule has 0 fully saturated rings. The predicted octanol–water partition coefficient (Wildman–Crippen LogP) is 2.75. The van der Waals surface area contributed by atoms with Gasteiger partial charge < -0.3 is 10.6 Å². The molecule has 9 heteroatoms. The molecule has 1 aromatic carbocycles. The highest BCUT2D eigenvalue weighted by Gasteiger charge is 2.30. The molecule has 1 aliphatic heterocycles. The number of H-pyrrole nitrogens is 1. The molecule has 0 aliphatic carbocycles. The van der Waals surface area contributed by atoms with Gasteiger partial charge in [0.1, 0.15) is 0 Å². The molecule has 3 rings (SSSR count). The van der Waals surface area contributed by atoms with Gasteiger partial charge >= 0.3 is 6.18 Å². The number of hydrogen-bond acceptors (Lipinski definition) is 3. The Hall–Kier alpha value is -2.06. The summed E-state index contributed by atoms with van der Waals surface area (Å²) in [6, 6.07) is 4.51. The van der Waals surface area contributed by atoms with Crippen LogP contribution in [0.5, 0.6) is 0 Å². The van der Waals surface area contributed by atoms with Crippen molar-refractivity contribution in [3.8, 4) is 0 Å². The zero-order valence-electron chi connectivity index (χ0n) is 11.8. The largest absolute Gasteiger partial charge is 0.416 e. The molecule has 0 saturated heterocycles. The molecule has 0 saturated carbocycles. The minimum absolute atomic E-state index is 0. The first-order valence-electron chi connectivity index (χ1n) is 6.70. The van der Waals surface area contributed by atoms with E-state index in [4.69, 9.17) is 0 Å². The summed E-state index contributed by atoms with van der Waals surface area (Å²) in [7, 11) is 0. The standard InChI is InChI=1S/C14H13F3N4O.ClH/c15-14(16,17)8-2-1-3-9(6-8)19-13(22)12-10-7-18-5-4-11(10)20-21-12;/h1-3,6,18H,4-5,7H2,(H,19,22)(H,20,21);1H. The van der Waals surface area contributed by atoms with Gasteiger partial charge in [-0.2, -0.15) is 18.3 Å². The lowest BCUT2D eigenvalue weighted by atomic mass is 10.1. The van der Waals surface area contributed by atoms with Crippen molar-refractivity contribution in [3.63, 3.8) is 0 Å². The number of alkyl halides is 3. The van der Waals surface area contributed by atoms with Crippen LogP contribution in [0.2, 0.25) is 0 Å². The minimum atomic E-state index is -4.45. The van der Waals surface area contributed by atoms with Crippen molar-refractivity contribution in [2.75, 3.05) is 11.9 Å². The number of anilines is 1. The van der Waals surface area contributed by atoms with E-state index in [1.54, 1.807) is 0 Å². The molecule has 124 valence electrons. The SMILES string of the molecule is Cl.O=C(Nc1cccc(C(F)(F)F)c1)c1n[nH]c2c1CNCC2. The van der Waals surface area contributed by atoms with Crippen molar-refractivity contribution in [1.82, 2.24) is 15.5 Å². The van der Waals surface area contributed by atoms with Gasteiger partial charge in [-0.05, 0) is 18.2 Å². The van der Waals surface area contributed by atoms with E-state index in [0.717, 1.165) is 36.4 Å². The molecule has 0 radical (unpaired) electrons. The molecule has 0 atom stereocenters. The summed E-state index contributed by atoms with van der Waals surface area (Å²) in [6.07, 6.45) is -3.71. The molecule has 0 spiro atoms. The lowest BCUT2D eigenvalue weighted by Crippen LogP contribution is -2.25. The molecule has 23 heavy (non-hydrogen) atoms. The van der Waals surface area contributed by atoms with E-state index < -0.39 is 17.6 Å². The van der Waals surface area contributed by atoms with Crippen molar-refractivity contribution in [3.05, 3.63) is 46.8 Å². The first-order valence-corrected chi connectivity index (χ1v) is 6.70. The Bertz CT molecular complexity index is 714. The number of rotatable bonds is 2. The molecule has 0 unspecified atom stereocenters. The summed E-state index contributed by atoms with van der Waals surface area (Å²) in [6.45, 7) is 1.31. The van der Waals surface area contributed by atoms with Gasteiger partial charge in [0, 0.05) is 36.5 Å². The van der Waals surface area contributed by atoms with E-state index in [9.17, 15) is 18.0 Å². The van der Waals surface area contributed by atoms with Crippen LogP contribution in [0, 0.1) is 0 Å². The topological polar surface area (TPSA) is 69.8 Å². The van der Waals surface area contributed by atoms with Gasteiger partial charge in [0.25, 0.3) is 5.91 Å². The van der Waals surface area contributed by atoms with E-state index in [2.05, 4.69) is 20.8 Å². The van der Waals surface area contributed by atoms with Gasteiger partial charge in [0.15, 0.2) is 5.69 Å². The monoisotopic (exact) mass is 346 g/mol. The third-order valence-electron chi connectivity index (χ3n) is 3.47. The van der Waals surface area contributed by atoms with Crippen LogP contribution < -0.4 is 10.6 Å². The van der Waals surface area contributed by atoms with Crippen LogP contribution in [0.3, 0.4) is 0 Å². The second-order valence-corrected chi connectivity index (χ2v) is 4.99. The zero-order chi connectivity index (χ0) is 15.7. The number of carbonyl (C=O) groups excluding carboxylic acids is 1. The maximum atomic E-state index is 12.7. The summed E-state index contributed by atoms with van der Waals surface area (Å²) in [5, 5.41) is 12.3. The molecule has 1 aliphatic rings. The molecule has 3 N–H and O–H groups in total. The van der Waals surface area contributed by atoms with Crippen LogP contribution in [0.25, 0.3) is 0 Å². The Morgan fingerprint density at radius 2 is 2.09 bits per heavy atom. The molecule has 1 aromatic heterocycles. The van der Waals surface area contributed by atoms with Gasteiger partial charge in [-0.1, -0.05) is 6.07 Å². The van der Waals surface area contributed by atoms with Gasteiger partial charge in [-0.15, -0.1) is 12.4 Å². The Morgan fingerprint density at radius 1 is 1.30 bits per heavy atom. The van der Waals surface area contributed by atoms with Crippen molar-refractivity contribution in [2.45, 2.75) is 19.1 Å². The minimum Gasteiger partial charge on any atom is -0.321 e. The van der Waals surface area contributed by atoms with E-state index in [0.29, 0.717) is 6.54 Å². The average molecular weight is 347 g/mol. The van der Waals surface area contributed by atoms with Crippen LogP contribution in [0.1, 0.15) is 27.3 Å². The fourth-order valence-corrected chi connectivity index (χ4v) is 2.38. The van der Waals surface area contributed by atoms with Crippen LogP contribution >= 0.6 is 12.4 Å². The highest BCUT2D eigenvalue weighted by atomic mass is 35.5. The fourth-order valence-electron chi connectivity index (χ4n) is 2.38. The number of aromatic amines is 1. The summed E-state index contributed by atoms with van der Waals surface area (Å²) in [4.78, 5) is 12.2. The molecular formula is C14H14ClF3N4O. The van der Waals surface area contributed by atoms with Crippen LogP contribution in [0.4, 0.5) is 18.9 Å². The van der Waals surface area contributed by atoms with Crippen LogP contribution in [-0.4, -0.2) is 22.6 Å². The van der Waals surface area contributed by atoms with Gasteiger partial charge in [-0.25, -0.2) is 0 Å². The normalized spacial score (nSPS) is 13.9. The van der Waals surface area contributed by atoms with E-state index in [1.165, 1.54) is 12.1 Å². The van der Waals surface area contributed by atoms with Gasteiger partial charge in [-0.3, -0.25) is 9.89 Å². The second-order valence-electron chi connectivity index (χ2n) is 4.99. The Balaban J connectivity index is 0.00000192. The quantitative estimate of drug-likeness (QED) is 0.783. The lowest BCUT2D eigenvalue weighted by molar-refractivity contribution is -0.137. The summed E-state index contributed by atoms with van der Waals surface area (Å²) >= 11 is 0. The zero-order valence-corrected chi connectivity index (χ0v) is 12.6. The molecule has 2 aromatic rings. The third kappa shape index (κ3) is 3.65. The Morgan fingerprint density at radius 3 is 2.83 bits per heavy atom. The van der Waals surface area contributed by atoms with Crippen molar-refractivity contribution in [2.24, 2.45) is 0 Å². The van der Waals surface area contributed by atoms with Crippen LogP contribution in [0.15, 0.2) is 24.3 Å². The number of hydrogen-bond donors (Lipinski definition) is 3. The average Bonchev–Trinajstić information content (AvgIpc) is 2.90. The smallest absolute Gasteiger partial charge is 0.321 e. The molecule has 2 heterocycles. The van der Waals surface area contributed by atoms with Crippen molar-refractivity contribution < 1.29 is 18.0 Å². The number of aromatic nitrogens is 2. The summed E-state index contributed by atoms with van der Waals surface area (Å²) in [5.41, 5.74) is 1.12. The highest BCUT2D eigenvalue weighted by molar-refractivity contribution is 6.04. The van der Waals surface area contributed by atoms with Crippen molar-refractivity contribution in [1.29, 1.82) is 0 Å². The summed E-state index contributed by atoms with van der Waals surface area (Å²) < 4.78 is 38.0. The van der Waals surface area contributed by atoms with E-state index in [-0.39, 0.29) is 23.8 Å². The first kappa shape index (κ1) is 17.3. The highest BCUT2D eigenvalue weighted by Crippen LogP contribution is 2.30. The summed E-state index contributed by atoms with van der Waals surface area (Å²) in [5.74, 6) is -0.527. The fraction of sp³-hybridized carbons (Fsp3) is 0.286. The molecule has 1 amide bonds. The van der Waals surface area contributed by atoms with E-state index in [1.807, 2.05) is 0 Å². The maximum absolute atomic E-state index is 12.7. The van der Waals surface area contributed by atoms with Crippen LogP contribution in [-0.2, 0) is 19.1 Å². The van der Waals surface area contributed by atoms with Crippen molar-refractivity contribution >= 4 is 24.0 Å². The Labute approximate surface area is 136 Å². The number of nitrogens with one attached hydrogen (secondary N) is 3. The van der Waals surface area contributed by atoms with Gasteiger partial charge in [0.2, 0.25) is 0 Å². The predicted molar refractivity (Wildman–Crippen MR) is 80.6 cm³/mol. The number of fused-ring (bicyclic) bond motifs is 1. The molecule has 5 nitrogen and oxygen atoms in total. The number of halogens is 4.